The average molecular weight is 198 g/mol. The minimum Gasteiger partial charge on any atom is -0.392 e. The summed E-state index contributed by atoms with van der Waals surface area (Å²) >= 11 is 5.80. The van der Waals surface area contributed by atoms with Crippen LogP contribution in [-0.4, -0.2) is 11.0 Å². The van der Waals surface area contributed by atoms with Crippen molar-refractivity contribution in [3.63, 3.8) is 0 Å². The van der Waals surface area contributed by atoms with Crippen molar-refractivity contribution in [3.05, 3.63) is 28.3 Å². The summed E-state index contributed by atoms with van der Waals surface area (Å²) < 4.78 is 0. The SMILES string of the molecule is O=C1Cc2cc(Cl)cc(CO)c2N1. The molecule has 0 aromatic heterocycles. The van der Waals surface area contributed by atoms with Gasteiger partial charge in [0.1, 0.15) is 0 Å². The molecule has 1 heterocycles. The molecule has 0 aliphatic carbocycles. The van der Waals surface area contributed by atoms with Crippen LogP contribution in [0.3, 0.4) is 0 Å². The Morgan fingerprint density at radius 1 is 1.54 bits per heavy atom. The molecule has 0 saturated carbocycles. The van der Waals surface area contributed by atoms with Gasteiger partial charge in [0.05, 0.1) is 18.7 Å². The highest BCUT2D eigenvalue weighted by Crippen LogP contribution is 2.30. The van der Waals surface area contributed by atoms with Gasteiger partial charge in [-0.15, -0.1) is 0 Å². The molecule has 1 aliphatic heterocycles. The fourth-order valence-electron chi connectivity index (χ4n) is 1.51. The molecule has 1 aliphatic rings. The Balaban J connectivity index is 2.56. The second-order valence-electron chi connectivity index (χ2n) is 2.98. The highest BCUT2D eigenvalue weighted by Gasteiger charge is 2.20. The lowest BCUT2D eigenvalue weighted by Gasteiger charge is -2.05. The Hall–Kier alpha value is -1.06. The molecule has 2 rings (SSSR count). The minimum absolute atomic E-state index is 0.0491. The Morgan fingerprint density at radius 2 is 2.31 bits per heavy atom. The van der Waals surface area contributed by atoms with E-state index in [1.54, 1.807) is 12.1 Å². The maximum atomic E-state index is 11.0. The summed E-state index contributed by atoms with van der Waals surface area (Å²) in [4.78, 5) is 11.0. The second-order valence-corrected chi connectivity index (χ2v) is 3.42. The third-order valence-electron chi connectivity index (χ3n) is 2.05. The number of nitrogens with one attached hydrogen (secondary N) is 1. The maximum Gasteiger partial charge on any atom is 0.228 e. The second kappa shape index (κ2) is 3.01. The fraction of sp³-hybridized carbons (Fsp3) is 0.222. The molecule has 4 heteroatoms. The zero-order chi connectivity index (χ0) is 9.42. The van der Waals surface area contributed by atoms with E-state index in [2.05, 4.69) is 5.32 Å². The first-order valence-electron chi connectivity index (χ1n) is 3.92. The van der Waals surface area contributed by atoms with Crippen LogP contribution in [0.1, 0.15) is 11.1 Å². The first-order chi connectivity index (χ1) is 6.20. The number of hydrogen-bond donors (Lipinski definition) is 2. The van der Waals surface area contributed by atoms with E-state index in [1.807, 2.05) is 0 Å². The van der Waals surface area contributed by atoms with E-state index in [-0.39, 0.29) is 12.5 Å². The van der Waals surface area contributed by atoms with Crippen molar-refractivity contribution >= 4 is 23.2 Å². The van der Waals surface area contributed by atoms with Gasteiger partial charge < -0.3 is 10.4 Å². The average Bonchev–Trinajstić information content (AvgIpc) is 2.43. The van der Waals surface area contributed by atoms with Gasteiger partial charge >= 0.3 is 0 Å². The van der Waals surface area contributed by atoms with Crippen molar-refractivity contribution in [2.75, 3.05) is 5.32 Å². The number of fused-ring (bicyclic) bond motifs is 1. The van der Waals surface area contributed by atoms with Crippen LogP contribution >= 0.6 is 11.6 Å². The van der Waals surface area contributed by atoms with E-state index in [0.29, 0.717) is 17.0 Å². The predicted molar refractivity (Wildman–Crippen MR) is 49.7 cm³/mol. The first kappa shape index (κ1) is 8.53. The lowest BCUT2D eigenvalue weighted by atomic mass is 10.1. The lowest BCUT2D eigenvalue weighted by molar-refractivity contribution is -0.115. The molecule has 68 valence electrons. The summed E-state index contributed by atoms with van der Waals surface area (Å²) in [5, 5.41) is 12.2. The lowest BCUT2D eigenvalue weighted by Crippen LogP contribution is -2.04. The predicted octanol–water partition coefficient (Wildman–Crippen LogP) is 1.33. The van der Waals surface area contributed by atoms with E-state index in [9.17, 15) is 4.79 Å². The Labute approximate surface area is 80.3 Å². The number of carbonyl (C=O) groups is 1. The van der Waals surface area contributed by atoms with Crippen LogP contribution in [0, 0.1) is 0 Å². The number of aliphatic hydroxyl groups excluding tert-OH is 1. The van der Waals surface area contributed by atoms with E-state index in [4.69, 9.17) is 16.7 Å². The van der Waals surface area contributed by atoms with Crippen LogP contribution in [0.2, 0.25) is 5.02 Å². The number of amides is 1. The van der Waals surface area contributed by atoms with E-state index < -0.39 is 0 Å². The normalized spacial score (nSPS) is 14.2. The molecule has 0 unspecified atom stereocenters. The number of rotatable bonds is 1. The Kier molecular flexibility index (Phi) is 1.98. The summed E-state index contributed by atoms with van der Waals surface area (Å²) in [6.07, 6.45) is 0.350. The van der Waals surface area contributed by atoms with Crippen molar-refractivity contribution in [2.45, 2.75) is 13.0 Å². The van der Waals surface area contributed by atoms with Gasteiger partial charge in [0, 0.05) is 10.6 Å². The molecule has 0 spiro atoms. The highest BCUT2D eigenvalue weighted by atomic mass is 35.5. The van der Waals surface area contributed by atoms with Crippen molar-refractivity contribution in [3.8, 4) is 0 Å². The number of anilines is 1. The molecule has 0 atom stereocenters. The van der Waals surface area contributed by atoms with Gasteiger partial charge in [-0.25, -0.2) is 0 Å². The largest absolute Gasteiger partial charge is 0.392 e. The molecule has 3 nitrogen and oxygen atoms in total. The number of hydrogen-bond acceptors (Lipinski definition) is 2. The van der Waals surface area contributed by atoms with Crippen LogP contribution < -0.4 is 5.32 Å². The maximum absolute atomic E-state index is 11.0. The van der Waals surface area contributed by atoms with Gasteiger partial charge in [-0.1, -0.05) is 11.6 Å². The molecular formula is C9H8ClNO2. The van der Waals surface area contributed by atoms with Crippen LogP contribution in [0.4, 0.5) is 5.69 Å². The zero-order valence-corrected chi connectivity index (χ0v) is 7.56. The Bertz CT molecular complexity index is 376. The molecule has 0 radical (unpaired) electrons. The quantitative estimate of drug-likeness (QED) is 0.714. The smallest absolute Gasteiger partial charge is 0.228 e. The third kappa shape index (κ3) is 1.41. The van der Waals surface area contributed by atoms with Gasteiger partial charge in [-0.05, 0) is 17.7 Å². The van der Waals surface area contributed by atoms with Crippen molar-refractivity contribution in [1.82, 2.24) is 0 Å². The molecule has 13 heavy (non-hydrogen) atoms. The van der Waals surface area contributed by atoms with Gasteiger partial charge in [0.2, 0.25) is 5.91 Å². The van der Waals surface area contributed by atoms with Crippen LogP contribution in [0.15, 0.2) is 12.1 Å². The molecule has 1 aromatic rings. The topological polar surface area (TPSA) is 49.3 Å². The van der Waals surface area contributed by atoms with Crippen molar-refractivity contribution in [1.29, 1.82) is 0 Å². The monoisotopic (exact) mass is 197 g/mol. The van der Waals surface area contributed by atoms with Crippen LogP contribution in [-0.2, 0) is 17.8 Å². The summed E-state index contributed by atoms with van der Waals surface area (Å²) in [6, 6.07) is 3.40. The third-order valence-corrected chi connectivity index (χ3v) is 2.27. The summed E-state index contributed by atoms with van der Waals surface area (Å²) in [6.45, 7) is -0.108. The Morgan fingerprint density at radius 3 is 3.00 bits per heavy atom. The summed E-state index contributed by atoms with van der Waals surface area (Å²) in [5.74, 6) is -0.0491. The van der Waals surface area contributed by atoms with Crippen molar-refractivity contribution in [2.24, 2.45) is 0 Å². The number of carbonyl (C=O) groups excluding carboxylic acids is 1. The van der Waals surface area contributed by atoms with E-state index in [1.165, 1.54) is 0 Å². The molecule has 2 N–H and O–H groups in total. The molecule has 0 saturated heterocycles. The number of benzene rings is 1. The standard InChI is InChI=1S/C9H8ClNO2/c10-7-1-5-3-8(13)11-9(5)6(2-7)4-12/h1-2,12H,3-4H2,(H,11,13). The minimum atomic E-state index is -0.108. The zero-order valence-electron chi connectivity index (χ0n) is 6.80. The van der Waals surface area contributed by atoms with Gasteiger partial charge in [-0.2, -0.15) is 0 Å². The van der Waals surface area contributed by atoms with Gasteiger partial charge in [0.25, 0.3) is 0 Å². The van der Waals surface area contributed by atoms with E-state index in [0.717, 1.165) is 11.3 Å². The van der Waals surface area contributed by atoms with Gasteiger partial charge in [-0.3, -0.25) is 4.79 Å². The summed E-state index contributed by atoms with van der Waals surface area (Å²) in [7, 11) is 0. The fourth-order valence-corrected chi connectivity index (χ4v) is 1.77. The number of halogens is 1. The van der Waals surface area contributed by atoms with Crippen LogP contribution in [0.5, 0.6) is 0 Å². The number of aliphatic hydroxyl groups is 1. The molecule has 0 bridgehead atoms. The van der Waals surface area contributed by atoms with Gasteiger partial charge in [0.15, 0.2) is 0 Å². The van der Waals surface area contributed by atoms with Crippen molar-refractivity contribution < 1.29 is 9.90 Å². The highest BCUT2D eigenvalue weighted by molar-refractivity contribution is 6.31. The molecule has 1 aromatic carbocycles. The summed E-state index contributed by atoms with van der Waals surface area (Å²) in [5.41, 5.74) is 2.26. The molecular weight excluding hydrogens is 190 g/mol. The molecule has 0 fully saturated rings. The van der Waals surface area contributed by atoms with Crippen LogP contribution in [0.25, 0.3) is 0 Å². The first-order valence-corrected chi connectivity index (χ1v) is 4.30. The molecule has 1 amide bonds. The van der Waals surface area contributed by atoms with E-state index >= 15 is 0 Å².